The minimum atomic E-state index is -1.21. The Bertz CT molecular complexity index is 689. The van der Waals surface area contributed by atoms with Gasteiger partial charge in [-0.05, 0) is 42.5 Å². The fourth-order valence-electron chi connectivity index (χ4n) is 1.62. The Labute approximate surface area is 124 Å². The van der Waals surface area contributed by atoms with Crippen LogP contribution in [0, 0.1) is 5.82 Å². The number of carboxylic acid groups (broad SMARTS) is 1. The van der Waals surface area contributed by atoms with Gasteiger partial charge in [0.25, 0.3) is 0 Å². The highest BCUT2D eigenvalue weighted by Gasteiger charge is 2.13. The van der Waals surface area contributed by atoms with Crippen molar-refractivity contribution in [1.29, 1.82) is 0 Å². The molecule has 21 heavy (non-hydrogen) atoms. The van der Waals surface area contributed by atoms with Crippen LogP contribution in [0.4, 0.5) is 20.6 Å². The van der Waals surface area contributed by atoms with E-state index in [1.54, 1.807) is 0 Å². The molecule has 3 N–H and O–H groups in total. The van der Waals surface area contributed by atoms with Crippen molar-refractivity contribution in [2.45, 2.75) is 0 Å². The van der Waals surface area contributed by atoms with Crippen molar-refractivity contribution in [3.63, 3.8) is 0 Å². The van der Waals surface area contributed by atoms with E-state index in [-0.39, 0.29) is 16.3 Å². The lowest BCUT2D eigenvalue weighted by Gasteiger charge is -2.10. The number of rotatable bonds is 3. The molecular formula is C14H10ClFN2O3. The SMILES string of the molecule is O=C(Nc1ccc(F)cc1)Nc1ccc(Cl)cc1C(=O)O. The summed E-state index contributed by atoms with van der Waals surface area (Å²) in [7, 11) is 0. The van der Waals surface area contributed by atoms with Gasteiger partial charge in [-0.2, -0.15) is 0 Å². The number of carbonyl (C=O) groups is 2. The lowest BCUT2D eigenvalue weighted by Crippen LogP contribution is -2.21. The minimum Gasteiger partial charge on any atom is -0.478 e. The van der Waals surface area contributed by atoms with Gasteiger partial charge in [0.15, 0.2) is 0 Å². The largest absolute Gasteiger partial charge is 0.478 e. The van der Waals surface area contributed by atoms with Crippen LogP contribution < -0.4 is 10.6 Å². The highest BCUT2D eigenvalue weighted by Crippen LogP contribution is 2.21. The second kappa shape index (κ2) is 6.23. The molecule has 0 saturated carbocycles. The number of carbonyl (C=O) groups excluding carboxylic acids is 1. The number of nitrogens with one attached hydrogen (secondary N) is 2. The number of amides is 2. The first-order chi connectivity index (χ1) is 9.95. The summed E-state index contributed by atoms with van der Waals surface area (Å²) < 4.78 is 12.7. The van der Waals surface area contributed by atoms with Gasteiger partial charge in [0.2, 0.25) is 0 Å². The van der Waals surface area contributed by atoms with Gasteiger partial charge in [-0.1, -0.05) is 11.6 Å². The second-order valence-corrected chi connectivity index (χ2v) is 4.52. The molecule has 0 saturated heterocycles. The van der Waals surface area contributed by atoms with Crippen LogP contribution in [0.1, 0.15) is 10.4 Å². The quantitative estimate of drug-likeness (QED) is 0.806. The number of aromatic carboxylic acids is 1. The minimum absolute atomic E-state index is 0.103. The van der Waals surface area contributed by atoms with E-state index in [0.717, 1.165) is 0 Å². The van der Waals surface area contributed by atoms with Gasteiger partial charge < -0.3 is 15.7 Å². The van der Waals surface area contributed by atoms with Crippen LogP contribution in [0.2, 0.25) is 5.02 Å². The fraction of sp³-hybridized carbons (Fsp3) is 0. The van der Waals surface area contributed by atoms with Gasteiger partial charge >= 0.3 is 12.0 Å². The number of hydrogen-bond donors (Lipinski definition) is 3. The Morgan fingerprint density at radius 2 is 1.71 bits per heavy atom. The molecule has 108 valence electrons. The van der Waals surface area contributed by atoms with E-state index in [2.05, 4.69) is 10.6 Å². The van der Waals surface area contributed by atoms with Crippen LogP contribution in [0.3, 0.4) is 0 Å². The molecule has 2 aromatic rings. The Balaban J connectivity index is 2.12. The van der Waals surface area contributed by atoms with Crippen molar-refractivity contribution in [3.8, 4) is 0 Å². The van der Waals surface area contributed by atoms with E-state index >= 15 is 0 Å². The molecule has 0 radical (unpaired) electrons. The normalized spacial score (nSPS) is 10.0. The molecule has 5 nitrogen and oxygen atoms in total. The number of anilines is 2. The van der Waals surface area contributed by atoms with Crippen molar-refractivity contribution in [1.82, 2.24) is 0 Å². The molecule has 0 bridgehead atoms. The van der Waals surface area contributed by atoms with Crippen molar-refractivity contribution in [2.75, 3.05) is 10.6 Å². The number of hydrogen-bond acceptors (Lipinski definition) is 2. The summed E-state index contributed by atoms with van der Waals surface area (Å²) in [6.45, 7) is 0. The van der Waals surface area contributed by atoms with E-state index in [9.17, 15) is 14.0 Å². The molecule has 0 aliphatic heterocycles. The first kappa shape index (κ1) is 14.8. The standard InChI is InChI=1S/C14H10ClFN2O3/c15-8-1-6-12(11(7-8)13(19)20)18-14(21)17-10-4-2-9(16)3-5-10/h1-7H,(H,19,20)(H2,17,18,21). The highest BCUT2D eigenvalue weighted by atomic mass is 35.5. The molecule has 2 rings (SSSR count). The molecule has 0 spiro atoms. The Morgan fingerprint density at radius 3 is 2.33 bits per heavy atom. The van der Waals surface area contributed by atoms with Crippen LogP contribution in [-0.2, 0) is 0 Å². The second-order valence-electron chi connectivity index (χ2n) is 4.08. The molecule has 0 aromatic heterocycles. The zero-order valence-corrected chi connectivity index (χ0v) is 11.3. The molecule has 0 fully saturated rings. The fourth-order valence-corrected chi connectivity index (χ4v) is 1.79. The van der Waals surface area contributed by atoms with Crippen molar-refractivity contribution >= 4 is 35.0 Å². The summed E-state index contributed by atoms with van der Waals surface area (Å²) in [5.41, 5.74) is 0.350. The first-order valence-corrected chi connectivity index (χ1v) is 6.20. The molecule has 7 heteroatoms. The van der Waals surface area contributed by atoms with Crippen LogP contribution >= 0.6 is 11.6 Å². The zero-order valence-electron chi connectivity index (χ0n) is 10.6. The summed E-state index contributed by atoms with van der Waals surface area (Å²) in [5.74, 6) is -1.64. The van der Waals surface area contributed by atoms with E-state index < -0.39 is 17.8 Å². The maximum Gasteiger partial charge on any atom is 0.337 e. The van der Waals surface area contributed by atoms with Crippen molar-refractivity contribution in [2.24, 2.45) is 0 Å². The zero-order chi connectivity index (χ0) is 15.4. The smallest absolute Gasteiger partial charge is 0.337 e. The molecule has 2 aromatic carbocycles. The third-order valence-electron chi connectivity index (χ3n) is 2.56. The van der Waals surface area contributed by atoms with Gasteiger partial charge in [0.1, 0.15) is 5.82 Å². The van der Waals surface area contributed by atoms with Crippen molar-refractivity contribution in [3.05, 3.63) is 58.9 Å². The van der Waals surface area contributed by atoms with Crippen LogP contribution in [0.25, 0.3) is 0 Å². The maximum atomic E-state index is 12.7. The third kappa shape index (κ3) is 3.93. The third-order valence-corrected chi connectivity index (χ3v) is 2.80. The Morgan fingerprint density at radius 1 is 1.05 bits per heavy atom. The monoisotopic (exact) mass is 308 g/mol. The Kier molecular flexibility index (Phi) is 4.39. The molecule has 0 heterocycles. The van der Waals surface area contributed by atoms with Gasteiger partial charge in [-0.25, -0.2) is 14.0 Å². The van der Waals surface area contributed by atoms with Crippen LogP contribution in [0.5, 0.6) is 0 Å². The van der Waals surface area contributed by atoms with Gasteiger partial charge in [0.05, 0.1) is 11.3 Å². The molecule has 0 aliphatic rings. The molecular weight excluding hydrogens is 299 g/mol. The number of halogens is 2. The highest BCUT2D eigenvalue weighted by molar-refractivity contribution is 6.31. The average Bonchev–Trinajstić information content (AvgIpc) is 2.43. The van der Waals surface area contributed by atoms with E-state index in [4.69, 9.17) is 16.7 Å². The maximum absolute atomic E-state index is 12.7. The molecule has 0 atom stereocenters. The van der Waals surface area contributed by atoms with E-state index in [1.165, 1.54) is 42.5 Å². The summed E-state index contributed by atoms with van der Waals surface area (Å²) >= 11 is 5.71. The lowest BCUT2D eigenvalue weighted by atomic mass is 10.2. The van der Waals surface area contributed by atoms with Gasteiger partial charge in [0, 0.05) is 10.7 Å². The summed E-state index contributed by atoms with van der Waals surface area (Å²) in [5, 5.41) is 14.2. The topological polar surface area (TPSA) is 78.4 Å². The summed E-state index contributed by atoms with van der Waals surface area (Å²) in [4.78, 5) is 22.9. The predicted molar refractivity (Wildman–Crippen MR) is 77.5 cm³/mol. The predicted octanol–water partition coefficient (Wildman–Crippen LogP) is 3.82. The number of urea groups is 1. The summed E-state index contributed by atoms with van der Waals surface area (Å²) in [6, 6.07) is 8.59. The van der Waals surface area contributed by atoms with Crippen LogP contribution in [-0.4, -0.2) is 17.1 Å². The lowest BCUT2D eigenvalue weighted by molar-refractivity contribution is 0.0698. The number of carboxylic acids is 1. The van der Waals surface area contributed by atoms with Crippen molar-refractivity contribution < 1.29 is 19.1 Å². The van der Waals surface area contributed by atoms with Gasteiger partial charge in [-0.15, -0.1) is 0 Å². The van der Waals surface area contributed by atoms with E-state index in [1.807, 2.05) is 0 Å². The molecule has 0 unspecified atom stereocenters. The molecule has 2 amide bonds. The van der Waals surface area contributed by atoms with Crippen LogP contribution in [0.15, 0.2) is 42.5 Å². The first-order valence-electron chi connectivity index (χ1n) is 5.82. The molecule has 0 aliphatic carbocycles. The Hall–Kier alpha value is -2.60. The number of benzene rings is 2. The van der Waals surface area contributed by atoms with E-state index in [0.29, 0.717) is 5.69 Å². The summed E-state index contributed by atoms with van der Waals surface area (Å²) in [6.07, 6.45) is 0. The van der Waals surface area contributed by atoms with Gasteiger partial charge in [-0.3, -0.25) is 0 Å². The average molecular weight is 309 g/mol.